The van der Waals surface area contributed by atoms with E-state index >= 15 is 0 Å². The van der Waals surface area contributed by atoms with Crippen LogP contribution in [-0.4, -0.2) is 37.0 Å². The van der Waals surface area contributed by atoms with E-state index in [1.807, 2.05) is 13.8 Å². The molecule has 120 valence electrons. The van der Waals surface area contributed by atoms with Crippen molar-refractivity contribution in [3.8, 4) is 0 Å². The van der Waals surface area contributed by atoms with Crippen molar-refractivity contribution in [2.24, 2.45) is 0 Å². The van der Waals surface area contributed by atoms with Crippen molar-refractivity contribution in [1.29, 1.82) is 0 Å². The fraction of sp³-hybridized carbons (Fsp3) is 0.571. The largest absolute Gasteiger partial charge is 0.405 e. The lowest BCUT2D eigenvalue weighted by Gasteiger charge is -2.28. The number of aliphatic hydroxyl groups excluding tert-OH is 1. The molecular weight excluding hydrogens is 305 g/mol. The van der Waals surface area contributed by atoms with Crippen molar-refractivity contribution in [3.05, 3.63) is 28.8 Å². The van der Waals surface area contributed by atoms with Crippen LogP contribution in [0.3, 0.4) is 0 Å². The number of anilines is 1. The van der Waals surface area contributed by atoms with Gasteiger partial charge in [-0.25, -0.2) is 0 Å². The molecule has 0 unspecified atom stereocenters. The first-order valence-electron chi connectivity index (χ1n) is 6.67. The average Bonchev–Trinajstić information content (AvgIpc) is 2.34. The first-order chi connectivity index (χ1) is 9.73. The van der Waals surface area contributed by atoms with E-state index in [2.05, 4.69) is 5.32 Å². The number of hydrogen-bond acceptors (Lipinski definition) is 3. The molecule has 21 heavy (non-hydrogen) atoms. The van der Waals surface area contributed by atoms with Gasteiger partial charge < -0.3 is 15.3 Å². The lowest BCUT2D eigenvalue weighted by atomic mass is 10.1. The second-order valence-electron chi connectivity index (χ2n) is 5.07. The minimum absolute atomic E-state index is 0.0875. The molecule has 0 aliphatic carbocycles. The molecule has 0 aliphatic rings. The number of aliphatic hydroxyl groups is 1. The molecule has 0 amide bonds. The number of alkyl halides is 3. The van der Waals surface area contributed by atoms with E-state index in [0.29, 0.717) is 22.8 Å². The molecule has 0 spiro atoms. The van der Waals surface area contributed by atoms with Crippen molar-refractivity contribution < 1.29 is 18.3 Å². The summed E-state index contributed by atoms with van der Waals surface area (Å²) in [5.41, 5.74) is 1.10. The molecule has 0 saturated carbocycles. The summed E-state index contributed by atoms with van der Waals surface area (Å²) >= 11 is 5.93. The molecule has 0 atom stereocenters. The Bertz CT molecular complexity index is 452. The summed E-state index contributed by atoms with van der Waals surface area (Å²) in [7, 11) is 0. The number of rotatable bonds is 7. The van der Waals surface area contributed by atoms with Gasteiger partial charge in [-0.05, 0) is 23.8 Å². The van der Waals surface area contributed by atoms with Gasteiger partial charge in [0.15, 0.2) is 0 Å². The SMILES string of the molecule is CC(C)NCc1cc(Cl)ccc1N(CCO)CC(F)(F)F. The van der Waals surface area contributed by atoms with Crippen LogP contribution in [0.5, 0.6) is 0 Å². The van der Waals surface area contributed by atoms with Crippen LogP contribution in [0, 0.1) is 0 Å². The highest BCUT2D eigenvalue weighted by atomic mass is 35.5. The van der Waals surface area contributed by atoms with Gasteiger partial charge in [-0.15, -0.1) is 0 Å². The Morgan fingerprint density at radius 2 is 2.00 bits per heavy atom. The van der Waals surface area contributed by atoms with E-state index in [-0.39, 0.29) is 19.2 Å². The fourth-order valence-corrected chi connectivity index (χ4v) is 2.13. The smallest absolute Gasteiger partial charge is 0.395 e. The predicted octanol–water partition coefficient (Wildman–Crippen LogP) is 3.20. The van der Waals surface area contributed by atoms with Gasteiger partial charge in [0.05, 0.1) is 6.61 Å². The molecule has 0 fully saturated rings. The molecule has 1 aromatic carbocycles. The number of nitrogens with zero attached hydrogens (tertiary/aromatic N) is 1. The Labute approximate surface area is 127 Å². The number of nitrogens with one attached hydrogen (secondary N) is 1. The zero-order valence-corrected chi connectivity index (χ0v) is 12.8. The molecule has 3 nitrogen and oxygen atoms in total. The zero-order chi connectivity index (χ0) is 16.0. The second-order valence-corrected chi connectivity index (χ2v) is 5.51. The van der Waals surface area contributed by atoms with Crippen molar-refractivity contribution >= 4 is 17.3 Å². The highest BCUT2D eigenvalue weighted by molar-refractivity contribution is 6.30. The Balaban J connectivity index is 3.05. The van der Waals surface area contributed by atoms with Crippen LogP contribution >= 0.6 is 11.6 Å². The summed E-state index contributed by atoms with van der Waals surface area (Å²) < 4.78 is 38.0. The summed E-state index contributed by atoms with van der Waals surface area (Å²) in [5.74, 6) is 0. The Kier molecular flexibility index (Phi) is 6.77. The number of hydrogen-bond donors (Lipinski definition) is 2. The van der Waals surface area contributed by atoms with E-state index in [9.17, 15) is 13.2 Å². The van der Waals surface area contributed by atoms with Crippen LogP contribution in [0.25, 0.3) is 0 Å². The molecule has 1 aromatic rings. The van der Waals surface area contributed by atoms with E-state index in [1.54, 1.807) is 18.2 Å². The van der Waals surface area contributed by atoms with Crippen LogP contribution in [-0.2, 0) is 6.54 Å². The van der Waals surface area contributed by atoms with Crippen molar-refractivity contribution in [3.63, 3.8) is 0 Å². The molecule has 0 saturated heterocycles. The Hall–Kier alpha value is -0.980. The third kappa shape index (κ3) is 6.54. The van der Waals surface area contributed by atoms with E-state index in [0.717, 1.165) is 4.90 Å². The minimum Gasteiger partial charge on any atom is -0.395 e. The third-order valence-corrected chi connectivity index (χ3v) is 3.06. The van der Waals surface area contributed by atoms with Gasteiger partial charge in [0.2, 0.25) is 0 Å². The van der Waals surface area contributed by atoms with Gasteiger partial charge in [0.25, 0.3) is 0 Å². The van der Waals surface area contributed by atoms with Gasteiger partial charge in [-0.2, -0.15) is 13.2 Å². The monoisotopic (exact) mass is 324 g/mol. The Morgan fingerprint density at radius 1 is 1.33 bits per heavy atom. The summed E-state index contributed by atoms with van der Waals surface area (Å²) in [5, 5.41) is 12.6. The van der Waals surface area contributed by atoms with E-state index < -0.39 is 12.7 Å². The zero-order valence-electron chi connectivity index (χ0n) is 12.0. The van der Waals surface area contributed by atoms with E-state index in [4.69, 9.17) is 16.7 Å². The summed E-state index contributed by atoms with van der Waals surface area (Å²) in [4.78, 5) is 1.12. The summed E-state index contributed by atoms with van der Waals surface area (Å²) in [6.07, 6.45) is -4.34. The molecule has 0 bridgehead atoms. The van der Waals surface area contributed by atoms with Crippen LogP contribution in [0.1, 0.15) is 19.4 Å². The quantitative estimate of drug-likeness (QED) is 0.808. The van der Waals surface area contributed by atoms with Gasteiger partial charge in [0.1, 0.15) is 6.54 Å². The van der Waals surface area contributed by atoms with Crippen molar-refractivity contribution in [2.75, 3.05) is 24.6 Å². The third-order valence-electron chi connectivity index (χ3n) is 2.82. The molecule has 0 aliphatic heterocycles. The maximum absolute atomic E-state index is 12.7. The first-order valence-corrected chi connectivity index (χ1v) is 7.05. The summed E-state index contributed by atoms with van der Waals surface area (Å²) in [6, 6.07) is 4.95. The maximum atomic E-state index is 12.7. The highest BCUT2D eigenvalue weighted by Crippen LogP contribution is 2.27. The van der Waals surface area contributed by atoms with E-state index in [1.165, 1.54) is 0 Å². The second kappa shape index (κ2) is 7.87. The first kappa shape index (κ1) is 18.1. The molecule has 2 N–H and O–H groups in total. The van der Waals surface area contributed by atoms with Crippen molar-refractivity contribution in [2.45, 2.75) is 32.6 Å². The summed E-state index contributed by atoms with van der Waals surface area (Å²) in [6.45, 7) is 2.76. The van der Waals surface area contributed by atoms with Crippen LogP contribution in [0.15, 0.2) is 18.2 Å². The topological polar surface area (TPSA) is 35.5 Å². The van der Waals surface area contributed by atoms with Gasteiger partial charge in [0, 0.05) is 29.8 Å². The Morgan fingerprint density at radius 3 is 2.52 bits per heavy atom. The minimum atomic E-state index is -4.34. The number of benzene rings is 1. The van der Waals surface area contributed by atoms with Gasteiger partial charge in [-0.1, -0.05) is 25.4 Å². The highest BCUT2D eigenvalue weighted by Gasteiger charge is 2.31. The maximum Gasteiger partial charge on any atom is 0.405 e. The van der Waals surface area contributed by atoms with Crippen molar-refractivity contribution in [1.82, 2.24) is 5.32 Å². The van der Waals surface area contributed by atoms with Crippen LogP contribution in [0.2, 0.25) is 5.02 Å². The van der Waals surface area contributed by atoms with Crippen LogP contribution < -0.4 is 10.2 Å². The molecule has 0 aromatic heterocycles. The molecule has 0 radical (unpaired) electrons. The predicted molar refractivity (Wildman–Crippen MR) is 78.8 cm³/mol. The standard InChI is InChI=1S/C14H20ClF3N2O/c1-10(2)19-8-11-7-12(15)3-4-13(11)20(5-6-21)9-14(16,17)18/h3-4,7,10,19,21H,5-6,8-9H2,1-2H3. The fourth-order valence-electron chi connectivity index (χ4n) is 1.94. The molecule has 1 rings (SSSR count). The van der Waals surface area contributed by atoms with Gasteiger partial charge in [-0.3, -0.25) is 0 Å². The lowest BCUT2D eigenvalue weighted by molar-refractivity contribution is -0.119. The lowest BCUT2D eigenvalue weighted by Crippen LogP contribution is -2.37. The van der Waals surface area contributed by atoms with Crippen LogP contribution in [0.4, 0.5) is 18.9 Å². The molecule has 0 heterocycles. The number of halogens is 4. The average molecular weight is 325 g/mol. The normalized spacial score (nSPS) is 12.0. The van der Waals surface area contributed by atoms with Gasteiger partial charge >= 0.3 is 6.18 Å². The molecule has 7 heteroatoms. The molecular formula is C14H20ClF3N2O.